The zero-order valence-electron chi connectivity index (χ0n) is 16.4. The molecule has 2 amide bonds. The van der Waals surface area contributed by atoms with Crippen LogP contribution in [0.25, 0.3) is 0 Å². The molecule has 3 aliphatic heterocycles. The summed E-state index contributed by atoms with van der Waals surface area (Å²) in [4.78, 5) is 32.1. The van der Waals surface area contributed by atoms with Crippen molar-refractivity contribution in [3.05, 3.63) is 47.0 Å². The third-order valence-corrected chi connectivity index (χ3v) is 6.06. The van der Waals surface area contributed by atoms with E-state index in [0.29, 0.717) is 24.0 Å². The number of carbonyl (C=O) groups excluding carboxylic acids is 2. The number of nitrogens with zero attached hydrogens (tertiary/aromatic N) is 2. The van der Waals surface area contributed by atoms with Crippen LogP contribution in [0.3, 0.4) is 0 Å². The number of nitrogens with one attached hydrogen (secondary N) is 1. The third kappa shape index (κ3) is 2.79. The number of methoxy groups -OCH3 is 1. The number of aromatic hydroxyl groups is 2. The first-order valence-electron chi connectivity index (χ1n) is 9.82. The van der Waals surface area contributed by atoms with Crippen LogP contribution in [0.1, 0.15) is 23.1 Å². The van der Waals surface area contributed by atoms with E-state index in [4.69, 9.17) is 4.74 Å². The van der Waals surface area contributed by atoms with Crippen molar-refractivity contribution in [2.75, 3.05) is 7.11 Å². The molecule has 2 aromatic rings. The lowest BCUT2D eigenvalue weighted by Gasteiger charge is -2.42. The minimum absolute atomic E-state index is 0.0317. The quantitative estimate of drug-likeness (QED) is 0.715. The second-order valence-corrected chi connectivity index (χ2v) is 7.85. The first kappa shape index (κ1) is 18.5. The lowest BCUT2D eigenvalue weighted by atomic mass is 9.89. The summed E-state index contributed by atoms with van der Waals surface area (Å²) < 4.78 is 5.07. The highest BCUT2D eigenvalue weighted by molar-refractivity contribution is 6.02. The molecule has 0 unspecified atom stereocenters. The molecule has 8 nitrogen and oxygen atoms in total. The first-order valence-corrected chi connectivity index (χ1v) is 9.82. The lowest BCUT2D eigenvalue weighted by Crippen LogP contribution is -2.65. The van der Waals surface area contributed by atoms with Crippen molar-refractivity contribution < 1.29 is 24.5 Å². The number of hydrogen-bond acceptors (Lipinski definition) is 6. The van der Waals surface area contributed by atoms with Gasteiger partial charge in [0.1, 0.15) is 12.1 Å². The number of amides is 2. The van der Waals surface area contributed by atoms with Crippen LogP contribution in [0.15, 0.2) is 35.3 Å². The molecule has 3 aliphatic rings. The number of benzene rings is 2. The largest absolute Gasteiger partial charge is 0.504 e. The molecule has 3 N–H and O–H groups in total. The van der Waals surface area contributed by atoms with E-state index in [2.05, 4.69) is 10.3 Å². The maximum absolute atomic E-state index is 13.2. The molecule has 154 valence electrons. The van der Waals surface area contributed by atoms with Crippen molar-refractivity contribution in [3.63, 3.8) is 0 Å². The van der Waals surface area contributed by atoms with Crippen LogP contribution in [0.2, 0.25) is 0 Å². The van der Waals surface area contributed by atoms with Crippen molar-refractivity contribution >= 4 is 23.2 Å². The Labute approximate surface area is 172 Å². The van der Waals surface area contributed by atoms with E-state index in [9.17, 15) is 19.8 Å². The van der Waals surface area contributed by atoms with Gasteiger partial charge in [0.05, 0.1) is 19.3 Å². The van der Waals surface area contributed by atoms with Crippen molar-refractivity contribution in [3.8, 4) is 17.2 Å². The van der Waals surface area contributed by atoms with E-state index < -0.39 is 12.1 Å². The Bertz CT molecular complexity index is 1110. The van der Waals surface area contributed by atoms with Gasteiger partial charge in [-0.05, 0) is 23.3 Å². The predicted octanol–water partition coefficient (Wildman–Crippen LogP) is 1.58. The Morgan fingerprint density at radius 3 is 2.80 bits per heavy atom. The second kappa shape index (κ2) is 6.76. The Morgan fingerprint density at radius 2 is 2.03 bits per heavy atom. The maximum Gasteiger partial charge on any atom is 0.246 e. The number of hydrogen-bond donors (Lipinski definition) is 3. The number of phenols is 2. The number of phenolic OH excluding ortho intramolecular Hbond substituents is 2. The smallest absolute Gasteiger partial charge is 0.246 e. The highest BCUT2D eigenvalue weighted by atomic mass is 16.5. The van der Waals surface area contributed by atoms with Gasteiger partial charge in [-0.25, -0.2) is 0 Å². The van der Waals surface area contributed by atoms with Crippen LogP contribution in [0.5, 0.6) is 17.2 Å². The Morgan fingerprint density at radius 1 is 1.23 bits per heavy atom. The molecule has 3 heterocycles. The fourth-order valence-corrected chi connectivity index (χ4v) is 4.57. The summed E-state index contributed by atoms with van der Waals surface area (Å²) in [6, 6.07) is 7.95. The summed E-state index contributed by atoms with van der Waals surface area (Å²) in [5, 5.41) is 23.4. The normalized spacial score (nSPS) is 22.0. The third-order valence-electron chi connectivity index (χ3n) is 6.06. The molecule has 8 heteroatoms. The van der Waals surface area contributed by atoms with Crippen molar-refractivity contribution in [1.29, 1.82) is 0 Å². The second-order valence-electron chi connectivity index (χ2n) is 7.85. The van der Waals surface area contributed by atoms with Crippen LogP contribution in [-0.4, -0.2) is 51.8 Å². The van der Waals surface area contributed by atoms with Crippen LogP contribution in [0, 0.1) is 0 Å². The van der Waals surface area contributed by atoms with Gasteiger partial charge in [0.25, 0.3) is 0 Å². The lowest BCUT2D eigenvalue weighted by molar-refractivity contribution is -0.150. The fraction of sp³-hybridized carbons (Fsp3) is 0.318. The van der Waals surface area contributed by atoms with E-state index in [-0.39, 0.29) is 42.0 Å². The molecule has 0 radical (unpaired) electrons. The van der Waals surface area contributed by atoms with Gasteiger partial charge in [0.2, 0.25) is 17.6 Å². The number of rotatable bonds is 3. The standard InChI is InChI=1S/C22H21N3O5/c1-30-20-18(26)8-12-7-17-21(28)24-16(22(29)25(17)10-14(12)19(20)27)9-13-6-11-4-2-3-5-15(11)23-13/h2-5,8,16-17,26-27H,6-7,9-10H2,1H3,(H,24,28)/t16-,17-/m1/s1. The van der Waals surface area contributed by atoms with Gasteiger partial charge in [-0.15, -0.1) is 0 Å². The number of carbonyl (C=O) groups is 2. The molecule has 0 aromatic heterocycles. The Kier molecular flexibility index (Phi) is 4.16. The average Bonchev–Trinajstić information content (AvgIpc) is 3.14. The Balaban J connectivity index is 1.40. The molecule has 0 saturated carbocycles. The van der Waals surface area contributed by atoms with Crippen molar-refractivity contribution in [2.45, 2.75) is 37.9 Å². The predicted molar refractivity (Wildman–Crippen MR) is 108 cm³/mol. The van der Waals surface area contributed by atoms with Gasteiger partial charge in [0, 0.05) is 30.5 Å². The first-order chi connectivity index (χ1) is 14.5. The van der Waals surface area contributed by atoms with Gasteiger partial charge in [-0.3, -0.25) is 14.6 Å². The van der Waals surface area contributed by atoms with Crippen molar-refractivity contribution in [2.24, 2.45) is 4.99 Å². The van der Waals surface area contributed by atoms with Crippen LogP contribution < -0.4 is 10.1 Å². The van der Waals surface area contributed by atoms with Crippen molar-refractivity contribution in [1.82, 2.24) is 10.2 Å². The van der Waals surface area contributed by atoms with Gasteiger partial charge in [0.15, 0.2) is 11.5 Å². The summed E-state index contributed by atoms with van der Waals surface area (Å²) in [5.74, 6) is -0.861. The molecule has 0 bridgehead atoms. The minimum Gasteiger partial charge on any atom is -0.504 e. The highest BCUT2D eigenvalue weighted by Crippen LogP contribution is 2.44. The summed E-state index contributed by atoms with van der Waals surface area (Å²) >= 11 is 0. The molecular formula is C22H21N3O5. The molecule has 1 fully saturated rings. The minimum atomic E-state index is -0.690. The number of ether oxygens (including phenoxy) is 1. The molecule has 30 heavy (non-hydrogen) atoms. The van der Waals surface area contributed by atoms with E-state index >= 15 is 0 Å². The zero-order chi connectivity index (χ0) is 21.0. The monoisotopic (exact) mass is 407 g/mol. The molecule has 0 aliphatic carbocycles. The number of fused-ring (bicyclic) bond motifs is 3. The van der Waals surface area contributed by atoms with Crippen LogP contribution >= 0.6 is 0 Å². The van der Waals surface area contributed by atoms with E-state index in [1.54, 1.807) is 0 Å². The molecule has 2 atom stereocenters. The molecular weight excluding hydrogens is 386 g/mol. The van der Waals surface area contributed by atoms with Crippen LogP contribution in [0.4, 0.5) is 5.69 Å². The van der Waals surface area contributed by atoms with Gasteiger partial charge in [-0.1, -0.05) is 18.2 Å². The highest BCUT2D eigenvalue weighted by Gasteiger charge is 2.44. The van der Waals surface area contributed by atoms with Gasteiger partial charge < -0.3 is 25.2 Å². The molecule has 0 spiro atoms. The zero-order valence-corrected chi connectivity index (χ0v) is 16.4. The topological polar surface area (TPSA) is 111 Å². The summed E-state index contributed by atoms with van der Waals surface area (Å²) in [7, 11) is 1.35. The van der Waals surface area contributed by atoms with Gasteiger partial charge in [-0.2, -0.15) is 0 Å². The average molecular weight is 407 g/mol. The molecule has 1 saturated heterocycles. The SMILES string of the molecule is COc1c(O)cc2c(c1O)CN1C(=O)[C@@H](CC3=Nc4ccccc4C3)NC(=O)[C@H]1C2. The Hall–Kier alpha value is -3.55. The number of piperazine rings is 1. The number of para-hydroxylation sites is 1. The molecule has 5 rings (SSSR count). The van der Waals surface area contributed by atoms with E-state index in [1.165, 1.54) is 18.1 Å². The van der Waals surface area contributed by atoms with E-state index in [0.717, 1.165) is 17.0 Å². The maximum atomic E-state index is 13.2. The summed E-state index contributed by atoms with van der Waals surface area (Å²) in [6.45, 7) is 0.0813. The number of aliphatic imine (C=N–C) groups is 1. The van der Waals surface area contributed by atoms with E-state index in [1.807, 2.05) is 24.3 Å². The van der Waals surface area contributed by atoms with Crippen LogP contribution in [-0.2, 0) is 29.0 Å². The fourth-order valence-electron chi connectivity index (χ4n) is 4.57. The van der Waals surface area contributed by atoms with Gasteiger partial charge >= 0.3 is 0 Å². The summed E-state index contributed by atoms with van der Waals surface area (Å²) in [6.07, 6.45) is 1.23. The molecule has 2 aromatic carbocycles. The summed E-state index contributed by atoms with van der Waals surface area (Å²) in [5.41, 5.74) is 4.00.